The number of fused-ring (bicyclic) bond motifs is 1. The molecule has 4 nitrogen and oxygen atoms in total. The molecule has 26 heavy (non-hydrogen) atoms. The molecule has 4 rings (SSSR count). The van der Waals surface area contributed by atoms with Gasteiger partial charge in [0, 0.05) is 40.5 Å². The number of rotatable bonds is 4. The van der Waals surface area contributed by atoms with Gasteiger partial charge in [-0.05, 0) is 42.0 Å². The van der Waals surface area contributed by atoms with Gasteiger partial charge in [0.05, 0.1) is 0 Å². The van der Waals surface area contributed by atoms with Crippen LogP contribution in [0.4, 0.5) is 10.2 Å². The maximum Gasteiger partial charge on any atom is 0.137 e. The van der Waals surface area contributed by atoms with Crippen molar-refractivity contribution < 1.29 is 4.39 Å². The third kappa shape index (κ3) is 3.36. The number of H-pyrrole nitrogens is 1. The van der Waals surface area contributed by atoms with Crippen molar-refractivity contribution in [3.63, 3.8) is 0 Å². The van der Waals surface area contributed by atoms with Crippen LogP contribution in [-0.4, -0.2) is 15.0 Å². The minimum absolute atomic E-state index is 0.269. The van der Waals surface area contributed by atoms with Gasteiger partial charge in [-0.2, -0.15) is 0 Å². The van der Waals surface area contributed by atoms with Crippen molar-refractivity contribution >= 4 is 40.1 Å². The van der Waals surface area contributed by atoms with Gasteiger partial charge in [0.1, 0.15) is 22.4 Å². The summed E-state index contributed by atoms with van der Waals surface area (Å²) >= 11 is 12.0. The first-order chi connectivity index (χ1) is 12.6. The summed E-state index contributed by atoms with van der Waals surface area (Å²) in [5, 5.41) is 4.81. The van der Waals surface area contributed by atoms with Crippen molar-refractivity contribution in [2.75, 3.05) is 5.32 Å². The fourth-order valence-corrected chi connectivity index (χ4v) is 3.16. The number of hydrogen-bond acceptors (Lipinski definition) is 3. The van der Waals surface area contributed by atoms with Crippen molar-refractivity contribution in [2.45, 2.75) is 6.54 Å². The van der Waals surface area contributed by atoms with Gasteiger partial charge in [-0.1, -0.05) is 29.3 Å². The highest BCUT2D eigenvalue weighted by atomic mass is 35.5. The van der Waals surface area contributed by atoms with Crippen LogP contribution < -0.4 is 5.32 Å². The molecule has 7 heteroatoms. The molecule has 0 aliphatic rings. The molecule has 0 fully saturated rings. The predicted molar refractivity (Wildman–Crippen MR) is 103 cm³/mol. The zero-order chi connectivity index (χ0) is 18.1. The van der Waals surface area contributed by atoms with Gasteiger partial charge < -0.3 is 10.3 Å². The van der Waals surface area contributed by atoms with Crippen molar-refractivity contribution in [3.05, 3.63) is 76.4 Å². The summed E-state index contributed by atoms with van der Waals surface area (Å²) in [4.78, 5) is 11.7. The van der Waals surface area contributed by atoms with E-state index < -0.39 is 0 Å². The summed E-state index contributed by atoms with van der Waals surface area (Å²) in [5.74, 6) is 0.190. The average Bonchev–Trinajstić information content (AvgIpc) is 3.05. The Morgan fingerprint density at radius 1 is 1.12 bits per heavy atom. The molecule has 0 unspecified atom stereocenters. The van der Waals surface area contributed by atoms with Crippen LogP contribution in [0.3, 0.4) is 0 Å². The highest BCUT2D eigenvalue weighted by Crippen LogP contribution is 2.30. The average molecular weight is 387 g/mol. The number of aromatic amines is 1. The van der Waals surface area contributed by atoms with E-state index in [-0.39, 0.29) is 12.4 Å². The molecule has 0 atom stereocenters. The Hall–Kier alpha value is -2.63. The second-order valence-corrected chi connectivity index (χ2v) is 6.58. The Labute approximate surface area is 159 Å². The zero-order valence-electron chi connectivity index (χ0n) is 13.4. The first-order valence-electron chi connectivity index (χ1n) is 7.88. The number of hydrogen-bond donors (Lipinski definition) is 2. The maximum atomic E-state index is 13.9. The van der Waals surface area contributed by atoms with E-state index in [0.717, 1.165) is 22.2 Å². The quantitative estimate of drug-likeness (QED) is 0.443. The Balaban J connectivity index is 1.64. The summed E-state index contributed by atoms with van der Waals surface area (Å²) in [6, 6.07) is 12.1. The Kier molecular flexibility index (Phi) is 4.49. The summed E-state index contributed by atoms with van der Waals surface area (Å²) in [7, 11) is 0. The van der Waals surface area contributed by atoms with Crippen LogP contribution in [0.2, 0.25) is 10.2 Å². The predicted octanol–water partition coefficient (Wildman–Crippen LogP) is 5.68. The number of pyridine rings is 2. The second-order valence-electron chi connectivity index (χ2n) is 5.75. The molecule has 0 aliphatic heterocycles. The lowest BCUT2D eigenvalue weighted by atomic mass is 10.1. The van der Waals surface area contributed by atoms with Crippen molar-refractivity contribution in [1.82, 2.24) is 15.0 Å². The van der Waals surface area contributed by atoms with Crippen LogP contribution >= 0.6 is 23.2 Å². The lowest BCUT2D eigenvalue weighted by Gasteiger charge is -2.09. The summed E-state index contributed by atoms with van der Waals surface area (Å²) in [5.41, 5.74) is 3.16. The van der Waals surface area contributed by atoms with Crippen LogP contribution in [0.15, 0.2) is 54.9 Å². The summed E-state index contributed by atoms with van der Waals surface area (Å²) < 4.78 is 13.9. The molecule has 3 heterocycles. The van der Waals surface area contributed by atoms with Crippen molar-refractivity contribution in [3.8, 4) is 11.1 Å². The molecule has 0 spiro atoms. The van der Waals surface area contributed by atoms with Gasteiger partial charge in [0.15, 0.2) is 0 Å². The summed E-state index contributed by atoms with van der Waals surface area (Å²) in [6.07, 6.45) is 3.61. The summed E-state index contributed by atoms with van der Waals surface area (Å²) in [6.45, 7) is 0.269. The molecule has 1 aromatic carbocycles. The van der Waals surface area contributed by atoms with Crippen molar-refractivity contribution in [2.24, 2.45) is 0 Å². The minimum atomic E-state index is -0.366. The SMILES string of the molecule is Fc1cc(Cl)ccc1CNc1cc(-c2c[nH]c3ncccc23)cc(Cl)n1. The third-order valence-corrected chi connectivity index (χ3v) is 4.46. The van der Waals surface area contributed by atoms with E-state index in [0.29, 0.717) is 21.6 Å². The maximum absolute atomic E-state index is 13.9. The third-order valence-electron chi connectivity index (χ3n) is 4.03. The normalized spacial score (nSPS) is 11.0. The number of halogens is 3. The molecule has 2 N–H and O–H groups in total. The van der Waals surface area contributed by atoms with Crippen LogP contribution in [-0.2, 0) is 6.54 Å². The standard InChI is InChI=1S/C19H13Cl2FN4/c20-13-4-3-11(16(22)8-13)9-24-18-7-12(6-17(21)26-18)15-10-25-19-14(15)2-1-5-23-19/h1-8,10H,9H2,(H,23,25)(H,24,26). The zero-order valence-corrected chi connectivity index (χ0v) is 14.9. The van der Waals surface area contributed by atoms with Gasteiger partial charge >= 0.3 is 0 Å². The van der Waals surface area contributed by atoms with E-state index in [2.05, 4.69) is 20.3 Å². The van der Waals surface area contributed by atoms with E-state index in [9.17, 15) is 4.39 Å². The molecule has 4 aromatic rings. The molecule has 130 valence electrons. The molecule has 0 aliphatic carbocycles. The molecule has 0 saturated heterocycles. The van der Waals surface area contributed by atoms with Crippen LogP contribution in [0, 0.1) is 5.82 Å². The highest BCUT2D eigenvalue weighted by Gasteiger charge is 2.10. The van der Waals surface area contributed by atoms with Crippen molar-refractivity contribution in [1.29, 1.82) is 0 Å². The number of nitrogens with zero attached hydrogens (tertiary/aromatic N) is 2. The number of nitrogens with one attached hydrogen (secondary N) is 2. The van der Waals surface area contributed by atoms with Gasteiger partial charge in [-0.3, -0.25) is 0 Å². The molecule has 0 saturated carbocycles. The fourth-order valence-electron chi connectivity index (χ4n) is 2.79. The molecule has 3 aromatic heterocycles. The Morgan fingerprint density at radius 2 is 2.00 bits per heavy atom. The van der Waals surface area contributed by atoms with E-state index in [1.807, 2.05) is 24.4 Å². The minimum Gasteiger partial charge on any atom is -0.366 e. The first-order valence-corrected chi connectivity index (χ1v) is 8.63. The Morgan fingerprint density at radius 3 is 2.85 bits per heavy atom. The lowest BCUT2D eigenvalue weighted by Crippen LogP contribution is -2.03. The van der Waals surface area contributed by atoms with E-state index in [1.165, 1.54) is 6.07 Å². The highest BCUT2D eigenvalue weighted by molar-refractivity contribution is 6.30. The van der Waals surface area contributed by atoms with E-state index in [1.54, 1.807) is 24.4 Å². The second kappa shape index (κ2) is 6.94. The van der Waals surface area contributed by atoms with Gasteiger partial charge in [-0.25, -0.2) is 14.4 Å². The largest absolute Gasteiger partial charge is 0.366 e. The number of aromatic nitrogens is 3. The van der Waals surface area contributed by atoms with Crippen LogP contribution in [0.5, 0.6) is 0 Å². The topological polar surface area (TPSA) is 53.6 Å². The molecular formula is C19H13Cl2FN4. The number of benzene rings is 1. The fraction of sp³-hybridized carbons (Fsp3) is 0.0526. The van der Waals surface area contributed by atoms with Gasteiger partial charge in [-0.15, -0.1) is 0 Å². The van der Waals surface area contributed by atoms with E-state index in [4.69, 9.17) is 23.2 Å². The van der Waals surface area contributed by atoms with E-state index >= 15 is 0 Å². The van der Waals surface area contributed by atoms with Crippen LogP contribution in [0.25, 0.3) is 22.2 Å². The smallest absolute Gasteiger partial charge is 0.137 e. The molecule has 0 bridgehead atoms. The lowest BCUT2D eigenvalue weighted by molar-refractivity contribution is 0.613. The molecular weight excluding hydrogens is 374 g/mol. The van der Waals surface area contributed by atoms with Gasteiger partial charge in [0.25, 0.3) is 0 Å². The van der Waals surface area contributed by atoms with Gasteiger partial charge in [0.2, 0.25) is 0 Å². The van der Waals surface area contributed by atoms with Crippen LogP contribution in [0.1, 0.15) is 5.56 Å². The Bertz CT molecular complexity index is 1090. The first kappa shape index (κ1) is 16.8. The number of anilines is 1. The molecule has 0 radical (unpaired) electrons. The molecule has 0 amide bonds. The monoisotopic (exact) mass is 386 g/mol.